The van der Waals surface area contributed by atoms with E-state index in [-0.39, 0.29) is 5.82 Å². The Morgan fingerprint density at radius 2 is 2.36 bits per heavy atom. The lowest BCUT2D eigenvalue weighted by Gasteiger charge is -1.98. The van der Waals surface area contributed by atoms with Gasteiger partial charge in [-0.1, -0.05) is 23.9 Å². The number of nitrogens with zero attached hydrogens (tertiary/aromatic N) is 2. The number of aromatic nitrogens is 3. The molecule has 72 valence electrons. The number of halogens is 1. The van der Waals surface area contributed by atoms with Crippen molar-refractivity contribution in [3.8, 4) is 0 Å². The number of H-pyrrole nitrogens is 1. The summed E-state index contributed by atoms with van der Waals surface area (Å²) in [6.45, 7) is 0. The second-order valence-corrected chi connectivity index (χ2v) is 3.67. The largest absolute Gasteiger partial charge is 0.254 e. The second kappa shape index (κ2) is 4.23. The van der Waals surface area contributed by atoms with E-state index in [1.54, 1.807) is 6.07 Å². The highest BCUT2D eigenvalue weighted by Crippen LogP contribution is 2.18. The lowest BCUT2D eigenvalue weighted by atomic mass is 10.2. The van der Waals surface area contributed by atoms with Crippen LogP contribution in [-0.4, -0.2) is 15.2 Å². The topological polar surface area (TPSA) is 41.6 Å². The van der Waals surface area contributed by atoms with E-state index >= 15 is 0 Å². The molecule has 0 amide bonds. The standard InChI is InChI=1S/C9H8FN3S/c10-8-3-1-2-7(4-8)5-14-9-11-6-12-13-9/h1-4,6H,5H2,(H,11,12,13). The quantitative estimate of drug-likeness (QED) is 0.788. The van der Waals surface area contributed by atoms with Crippen LogP contribution in [0.2, 0.25) is 0 Å². The average Bonchev–Trinajstić information content (AvgIpc) is 2.67. The number of hydrogen-bond donors (Lipinski definition) is 1. The Morgan fingerprint density at radius 1 is 1.43 bits per heavy atom. The zero-order valence-electron chi connectivity index (χ0n) is 7.27. The number of aromatic amines is 1. The molecule has 2 rings (SSSR count). The van der Waals surface area contributed by atoms with Crippen LogP contribution in [0.15, 0.2) is 35.7 Å². The van der Waals surface area contributed by atoms with Gasteiger partial charge in [-0.3, -0.25) is 5.10 Å². The molecular formula is C9H8FN3S. The van der Waals surface area contributed by atoms with E-state index in [0.717, 1.165) is 10.7 Å². The predicted octanol–water partition coefficient (Wildman–Crippen LogP) is 2.24. The van der Waals surface area contributed by atoms with Gasteiger partial charge in [0.25, 0.3) is 0 Å². The van der Waals surface area contributed by atoms with E-state index in [9.17, 15) is 4.39 Å². The van der Waals surface area contributed by atoms with Crippen LogP contribution in [0.3, 0.4) is 0 Å². The number of thioether (sulfide) groups is 1. The molecule has 0 bridgehead atoms. The average molecular weight is 209 g/mol. The zero-order chi connectivity index (χ0) is 9.80. The van der Waals surface area contributed by atoms with Crippen molar-refractivity contribution in [2.75, 3.05) is 0 Å². The third-order valence-electron chi connectivity index (χ3n) is 1.66. The first-order chi connectivity index (χ1) is 6.84. The molecular weight excluding hydrogens is 201 g/mol. The van der Waals surface area contributed by atoms with Gasteiger partial charge in [0.2, 0.25) is 0 Å². The number of nitrogens with one attached hydrogen (secondary N) is 1. The Bertz CT molecular complexity index is 402. The highest BCUT2D eigenvalue weighted by Gasteiger charge is 1.99. The maximum absolute atomic E-state index is 12.8. The first-order valence-electron chi connectivity index (χ1n) is 4.07. The van der Waals surface area contributed by atoms with Gasteiger partial charge in [-0.05, 0) is 17.7 Å². The molecule has 1 aromatic heterocycles. The third kappa shape index (κ3) is 2.32. The van der Waals surface area contributed by atoms with Crippen molar-refractivity contribution in [1.29, 1.82) is 0 Å². The molecule has 1 heterocycles. The van der Waals surface area contributed by atoms with Gasteiger partial charge in [-0.2, -0.15) is 5.10 Å². The molecule has 0 spiro atoms. The minimum absolute atomic E-state index is 0.208. The maximum atomic E-state index is 12.8. The molecule has 2 aromatic rings. The first-order valence-corrected chi connectivity index (χ1v) is 5.06. The summed E-state index contributed by atoms with van der Waals surface area (Å²) in [5.74, 6) is 0.480. The summed E-state index contributed by atoms with van der Waals surface area (Å²) >= 11 is 1.49. The SMILES string of the molecule is Fc1cccc(CSc2ncn[nH]2)c1. The van der Waals surface area contributed by atoms with Gasteiger partial charge < -0.3 is 0 Å². The van der Waals surface area contributed by atoms with Crippen LogP contribution in [0.5, 0.6) is 0 Å². The lowest BCUT2D eigenvalue weighted by Crippen LogP contribution is -1.83. The van der Waals surface area contributed by atoms with Crippen molar-refractivity contribution in [3.05, 3.63) is 42.0 Å². The Kier molecular flexibility index (Phi) is 2.78. The van der Waals surface area contributed by atoms with Crippen molar-refractivity contribution >= 4 is 11.8 Å². The van der Waals surface area contributed by atoms with Crippen LogP contribution >= 0.6 is 11.8 Å². The molecule has 0 aliphatic heterocycles. The molecule has 5 heteroatoms. The van der Waals surface area contributed by atoms with Crippen LogP contribution in [0.1, 0.15) is 5.56 Å². The third-order valence-corrected chi connectivity index (χ3v) is 2.61. The molecule has 0 radical (unpaired) electrons. The van der Waals surface area contributed by atoms with Crippen LogP contribution in [-0.2, 0) is 5.75 Å². The summed E-state index contributed by atoms with van der Waals surface area (Å²) in [4.78, 5) is 3.96. The highest BCUT2D eigenvalue weighted by molar-refractivity contribution is 7.98. The van der Waals surface area contributed by atoms with E-state index in [4.69, 9.17) is 0 Å². The fourth-order valence-electron chi connectivity index (χ4n) is 1.04. The zero-order valence-corrected chi connectivity index (χ0v) is 8.09. The Labute approximate surface area is 84.8 Å². The number of rotatable bonds is 3. The molecule has 1 aromatic carbocycles. The van der Waals surface area contributed by atoms with Gasteiger partial charge in [0, 0.05) is 5.75 Å². The fourth-order valence-corrected chi connectivity index (χ4v) is 1.76. The van der Waals surface area contributed by atoms with Crippen LogP contribution in [0.25, 0.3) is 0 Å². The van der Waals surface area contributed by atoms with Gasteiger partial charge >= 0.3 is 0 Å². The monoisotopic (exact) mass is 209 g/mol. The number of benzene rings is 1. The highest BCUT2D eigenvalue weighted by atomic mass is 32.2. The van der Waals surface area contributed by atoms with E-state index in [1.165, 1.54) is 30.2 Å². The van der Waals surface area contributed by atoms with Crippen molar-refractivity contribution in [3.63, 3.8) is 0 Å². The molecule has 0 aliphatic carbocycles. The summed E-state index contributed by atoms with van der Waals surface area (Å²) < 4.78 is 12.8. The summed E-state index contributed by atoms with van der Waals surface area (Å²) in [6.07, 6.45) is 1.45. The summed E-state index contributed by atoms with van der Waals surface area (Å²) in [5.41, 5.74) is 0.936. The van der Waals surface area contributed by atoms with Gasteiger partial charge in [0.15, 0.2) is 5.16 Å². The van der Waals surface area contributed by atoms with Crippen molar-refractivity contribution in [1.82, 2.24) is 15.2 Å². The van der Waals surface area contributed by atoms with Crippen LogP contribution in [0.4, 0.5) is 4.39 Å². The van der Waals surface area contributed by atoms with Crippen LogP contribution in [0, 0.1) is 5.82 Å². The summed E-state index contributed by atoms with van der Waals surface area (Å²) in [5, 5.41) is 7.20. The smallest absolute Gasteiger partial charge is 0.183 e. The molecule has 0 aliphatic rings. The Hall–Kier alpha value is -1.36. The number of hydrogen-bond acceptors (Lipinski definition) is 3. The predicted molar refractivity (Wildman–Crippen MR) is 52.3 cm³/mol. The van der Waals surface area contributed by atoms with Gasteiger partial charge in [0.05, 0.1) is 0 Å². The van der Waals surface area contributed by atoms with E-state index in [1.807, 2.05) is 6.07 Å². The lowest BCUT2D eigenvalue weighted by molar-refractivity contribution is 0.626. The van der Waals surface area contributed by atoms with Crippen molar-refractivity contribution < 1.29 is 4.39 Å². The minimum atomic E-state index is -0.208. The molecule has 0 unspecified atom stereocenters. The molecule has 0 fully saturated rings. The second-order valence-electron chi connectivity index (χ2n) is 2.71. The molecule has 14 heavy (non-hydrogen) atoms. The normalized spacial score (nSPS) is 10.4. The molecule has 0 saturated heterocycles. The van der Waals surface area contributed by atoms with Gasteiger partial charge in [-0.15, -0.1) is 0 Å². The van der Waals surface area contributed by atoms with Crippen LogP contribution < -0.4 is 0 Å². The molecule has 0 atom stereocenters. The van der Waals surface area contributed by atoms with Crippen molar-refractivity contribution in [2.24, 2.45) is 0 Å². The molecule has 3 nitrogen and oxygen atoms in total. The minimum Gasteiger partial charge on any atom is -0.254 e. The van der Waals surface area contributed by atoms with Gasteiger partial charge in [-0.25, -0.2) is 9.37 Å². The summed E-state index contributed by atoms with van der Waals surface area (Å²) in [7, 11) is 0. The van der Waals surface area contributed by atoms with Crippen molar-refractivity contribution in [2.45, 2.75) is 10.9 Å². The van der Waals surface area contributed by atoms with E-state index in [2.05, 4.69) is 15.2 Å². The molecule has 1 N–H and O–H groups in total. The fraction of sp³-hybridized carbons (Fsp3) is 0.111. The molecule has 0 saturated carbocycles. The Balaban J connectivity index is 1.98. The maximum Gasteiger partial charge on any atom is 0.183 e. The summed E-state index contributed by atoms with van der Waals surface area (Å²) in [6, 6.07) is 6.53. The first kappa shape index (κ1) is 9.21. The van der Waals surface area contributed by atoms with E-state index < -0.39 is 0 Å². The Morgan fingerprint density at radius 3 is 3.07 bits per heavy atom. The van der Waals surface area contributed by atoms with E-state index in [0.29, 0.717) is 5.75 Å². The van der Waals surface area contributed by atoms with Gasteiger partial charge in [0.1, 0.15) is 12.1 Å².